The van der Waals surface area contributed by atoms with E-state index in [9.17, 15) is 4.79 Å². The highest BCUT2D eigenvalue weighted by Crippen LogP contribution is 2.10. The molecule has 5 heteroatoms. The van der Waals surface area contributed by atoms with Crippen LogP contribution in [0.5, 0.6) is 0 Å². The number of amides is 1. The minimum absolute atomic E-state index is 0.00432. The third-order valence-electron chi connectivity index (χ3n) is 2.04. The van der Waals surface area contributed by atoms with Crippen LogP contribution in [0.25, 0.3) is 0 Å². The fourth-order valence-electron chi connectivity index (χ4n) is 1.19. The van der Waals surface area contributed by atoms with E-state index in [1.165, 1.54) is 0 Å². The highest BCUT2D eigenvalue weighted by Gasteiger charge is 2.00. The van der Waals surface area contributed by atoms with Crippen molar-refractivity contribution < 1.29 is 4.79 Å². The molecule has 0 aliphatic carbocycles. The molecule has 0 aromatic carbocycles. The van der Waals surface area contributed by atoms with Gasteiger partial charge in [0, 0.05) is 31.5 Å². The zero-order chi connectivity index (χ0) is 11.8. The quantitative estimate of drug-likeness (QED) is 0.673. The van der Waals surface area contributed by atoms with Crippen molar-refractivity contribution in [3.63, 3.8) is 0 Å². The van der Waals surface area contributed by atoms with Crippen LogP contribution in [0.15, 0.2) is 18.3 Å². The lowest BCUT2D eigenvalue weighted by atomic mass is 10.3. The maximum Gasteiger partial charge on any atom is 0.239 e. The number of aromatic nitrogens is 1. The largest absolute Gasteiger partial charge is 0.376 e. The first-order valence-electron chi connectivity index (χ1n) is 5.40. The standard InChI is InChI=1S/C11H18N4O/c1-3-5-14-11(16)8-15-9-4-6-13-10(7-9)12-2/h4,6-7H,3,5,8H2,1-2H3,(H,14,16)(H2,12,13,15). The summed E-state index contributed by atoms with van der Waals surface area (Å²) in [5.41, 5.74) is 0.881. The number of carbonyl (C=O) groups excluding carboxylic acids is 1. The van der Waals surface area contributed by atoms with Crippen LogP contribution in [-0.4, -0.2) is 31.0 Å². The van der Waals surface area contributed by atoms with E-state index < -0.39 is 0 Å². The lowest BCUT2D eigenvalue weighted by Gasteiger charge is -2.07. The molecule has 1 heterocycles. The van der Waals surface area contributed by atoms with E-state index in [-0.39, 0.29) is 12.5 Å². The monoisotopic (exact) mass is 222 g/mol. The molecule has 0 saturated carbocycles. The fraction of sp³-hybridized carbons (Fsp3) is 0.455. The third kappa shape index (κ3) is 4.16. The molecule has 3 N–H and O–H groups in total. The second kappa shape index (κ2) is 6.66. The van der Waals surface area contributed by atoms with Crippen LogP contribution in [0.4, 0.5) is 11.5 Å². The number of hydrogen-bond acceptors (Lipinski definition) is 4. The van der Waals surface area contributed by atoms with Gasteiger partial charge >= 0.3 is 0 Å². The molecule has 0 bridgehead atoms. The van der Waals surface area contributed by atoms with Crippen LogP contribution in [0.3, 0.4) is 0 Å². The Hall–Kier alpha value is -1.78. The number of carbonyl (C=O) groups is 1. The molecule has 0 unspecified atom stereocenters. The molecule has 1 amide bonds. The summed E-state index contributed by atoms with van der Waals surface area (Å²) in [5.74, 6) is 0.781. The van der Waals surface area contributed by atoms with Gasteiger partial charge in [0.25, 0.3) is 0 Å². The zero-order valence-corrected chi connectivity index (χ0v) is 9.71. The Balaban J connectivity index is 2.38. The van der Waals surface area contributed by atoms with Crippen molar-refractivity contribution in [2.24, 2.45) is 0 Å². The minimum atomic E-state index is 0.00432. The second-order valence-electron chi connectivity index (χ2n) is 3.38. The van der Waals surface area contributed by atoms with Gasteiger partial charge in [-0.3, -0.25) is 4.79 Å². The topological polar surface area (TPSA) is 66.0 Å². The van der Waals surface area contributed by atoms with Gasteiger partial charge in [-0.2, -0.15) is 0 Å². The summed E-state index contributed by atoms with van der Waals surface area (Å²) in [6, 6.07) is 3.68. The summed E-state index contributed by atoms with van der Waals surface area (Å²) in [5, 5.41) is 8.77. The lowest BCUT2D eigenvalue weighted by molar-refractivity contribution is -0.119. The smallest absolute Gasteiger partial charge is 0.239 e. The molecule has 0 aliphatic heterocycles. The number of nitrogens with one attached hydrogen (secondary N) is 3. The molecule has 1 rings (SSSR count). The number of anilines is 2. The van der Waals surface area contributed by atoms with Crippen LogP contribution in [-0.2, 0) is 4.79 Å². The van der Waals surface area contributed by atoms with Crippen molar-refractivity contribution in [1.82, 2.24) is 10.3 Å². The first kappa shape index (κ1) is 12.3. The van der Waals surface area contributed by atoms with Crippen molar-refractivity contribution in [1.29, 1.82) is 0 Å². The summed E-state index contributed by atoms with van der Waals surface area (Å²) in [6.45, 7) is 3.03. The minimum Gasteiger partial charge on any atom is -0.376 e. The van der Waals surface area contributed by atoms with E-state index in [0.717, 1.165) is 24.5 Å². The molecule has 0 radical (unpaired) electrons. The predicted octanol–water partition coefficient (Wildman–Crippen LogP) is 1.06. The first-order valence-corrected chi connectivity index (χ1v) is 5.40. The zero-order valence-electron chi connectivity index (χ0n) is 9.71. The summed E-state index contributed by atoms with van der Waals surface area (Å²) in [6.07, 6.45) is 2.64. The van der Waals surface area contributed by atoms with E-state index in [1.54, 1.807) is 13.2 Å². The molecular formula is C11H18N4O. The number of hydrogen-bond donors (Lipinski definition) is 3. The van der Waals surface area contributed by atoms with E-state index in [1.807, 2.05) is 19.1 Å². The van der Waals surface area contributed by atoms with Gasteiger partial charge in [0.2, 0.25) is 5.91 Å². The van der Waals surface area contributed by atoms with Crippen molar-refractivity contribution in [3.05, 3.63) is 18.3 Å². The fourth-order valence-corrected chi connectivity index (χ4v) is 1.19. The molecule has 0 spiro atoms. The SMILES string of the molecule is CCCNC(=O)CNc1ccnc(NC)c1. The van der Waals surface area contributed by atoms with Crippen LogP contribution in [0.1, 0.15) is 13.3 Å². The molecule has 5 nitrogen and oxygen atoms in total. The average molecular weight is 222 g/mol. The summed E-state index contributed by atoms with van der Waals surface area (Å²) < 4.78 is 0. The average Bonchev–Trinajstić information content (AvgIpc) is 2.34. The van der Waals surface area contributed by atoms with Crippen molar-refractivity contribution in [3.8, 4) is 0 Å². The molecule has 88 valence electrons. The summed E-state index contributed by atoms with van der Waals surface area (Å²) in [4.78, 5) is 15.4. The van der Waals surface area contributed by atoms with Gasteiger partial charge in [0.05, 0.1) is 6.54 Å². The maximum absolute atomic E-state index is 11.3. The number of pyridine rings is 1. The van der Waals surface area contributed by atoms with Crippen LogP contribution in [0, 0.1) is 0 Å². The van der Waals surface area contributed by atoms with Crippen molar-refractivity contribution >= 4 is 17.4 Å². The van der Waals surface area contributed by atoms with Gasteiger partial charge in [-0.05, 0) is 12.5 Å². The molecule has 0 aliphatic rings. The van der Waals surface area contributed by atoms with Gasteiger partial charge < -0.3 is 16.0 Å². The van der Waals surface area contributed by atoms with Gasteiger partial charge in [-0.25, -0.2) is 4.98 Å². The van der Waals surface area contributed by atoms with Gasteiger partial charge in [-0.1, -0.05) is 6.92 Å². The van der Waals surface area contributed by atoms with Crippen LogP contribution in [0.2, 0.25) is 0 Å². The van der Waals surface area contributed by atoms with Crippen LogP contribution >= 0.6 is 0 Å². The Morgan fingerprint density at radius 1 is 1.50 bits per heavy atom. The van der Waals surface area contributed by atoms with E-state index in [0.29, 0.717) is 0 Å². The van der Waals surface area contributed by atoms with Gasteiger partial charge in [0.15, 0.2) is 0 Å². The predicted molar refractivity (Wildman–Crippen MR) is 65.6 cm³/mol. The normalized spacial score (nSPS) is 9.62. The highest BCUT2D eigenvalue weighted by molar-refractivity contribution is 5.80. The van der Waals surface area contributed by atoms with E-state index in [2.05, 4.69) is 20.9 Å². The molecule has 0 fully saturated rings. The maximum atomic E-state index is 11.3. The third-order valence-corrected chi connectivity index (χ3v) is 2.04. The van der Waals surface area contributed by atoms with E-state index >= 15 is 0 Å². The Kier molecular flexibility index (Phi) is 5.11. The molecular weight excluding hydrogens is 204 g/mol. The highest BCUT2D eigenvalue weighted by atomic mass is 16.1. The van der Waals surface area contributed by atoms with Gasteiger partial charge in [0.1, 0.15) is 5.82 Å². The molecule has 16 heavy (non-hydrogen) atoms. The molecule has 1 aromatic rings. The lowest BCUT2D eigenvalue weighted by Crippen LogP contribution is -2.30. The Labute approximate surface area is 95.7 Å². The summed E-state index contributed by atoms with van der Waals surface area (Å²) in [7, 11) is 1.81. The number of rotatable bonds is 6. The Morgan fingerprint density at radius 3 is 3.00 bits per heavy atom. The molecule has 0 saturated heterocycles. The summed E-state index contributed by atoms with van der Waals surface area (Å²) >= 11 is 0. The van der Waals surface area contributed by atoms with E-state index in [4.69, 9.17) is 0 Å². The van der Waals surface area contributed by atoms with Crippen molar-refractivity contribution in [2.45, 2.75) is 13.3 Å². The Bertz CT molecular complexity index is 341. The van der Waals surface area contributed by atoms with Crippen LogP contribution < -0.4 is 16.0 Å². The number of nitrogens with zero attached hydrogens (tertiary/aromatic N) is 1. The molecule has 1 aromatic heterocycles. The van der Waals surface area contributed by atoms with Crippen molar-refractivity contribution in [2.75, 3.05) is 30.8 Å². The van der Waals surface area contributed by atoms with Gasteiger partial charge in [-0.15, -0.1) is 0 Å². The second-order valence-corrected chi connectivity index (χ2v) is 3.38. The Morgan fingerprint density at radius 2 is 2.31 bits per heavy atom. The molecule has 0 atom stereocenters. The first-order chi connectivity index (χ1) is 7.76.